The van der Waals surface area contributed by atoms with Crippen LogP contribution in [0.25, 0.3) is 10.9 Å². The van der Waals surface area contributed by atoms with Crippen LogP contribution in [0.5, 0.6) is 0 Å². The highest BCUT2D eigenvalue weighted by molar-refractivity contribution is 8.14. The predicted molar refractivity (Wildman–Crippen MR) is 59.5 cm³/mol. The highest BCUT2D eigenvalue weighted by Crippen LogP contribution is 2.27. The second kappa shape index (κ2) is 3.47. The van der Waals surface area contributed by atoms with Gasteiger partial charge in [0, 0.05) is 22.3 Å². The molecule has 1 aromatic carbocycles. The Hall–Kier alpha value is -1.13. The summed E-state index contributed by atoms with van der Waals surface area (Å²) < 4.78 is 22.8. The monoisotopic (exact) mass is 241 g/mol. The molecule has 0 aliphatic carbocycles. The van der Waals surface area contributed by atoms with Gasteiger partial charge in [-0.1, -0.05) is 18.2 Å². The van der Waals surface area contributed by atoms with Gasteiger partial charge in [-0.2, -0.15) is 0 Å². The molecule has 0 unspecified atom stereocenters. The van der Waals surface area contributed by atoms with E-state index >= 15 is 0 Å². The van der Waals surface area contributed by atoms with E-state index in [2.05, 4.69) is 4.98 Å². The predicted octanol–water partition coefficient (Wildman–Crippen LogP) is 2.47. The van der Waals surface area contributed by atoms with E-state index in [-0.39, 0.29) is 4.90 Å². The summed E-state index contributed by atoms with van der Waals surface area (Å²) in [6.07, 6.45) is 1.55. The maximum absolute atomic E-state index is 11.4. The maximum atomic E-state index is 11.4. The summed E-state index contributed by atoms with van der Waals surface area (Å²) in [4.78, 5) is 4.14. The van der Waals surface area contributed by atoms with Crippen LogP contribution in [0, 0.1) is 6.92 Å². The van der Waals surface area contributed by atoms with Crippen molar-refractivity contribution in [1.82, 2.24) is 4.98 Å². The average Bonchev–Trinajstić information content (AvgIpc) is 2.15. The van der Waals surface area contributed by atoms with E-state index in [1.54, 1.807) is 31.3 Å². The van der Waals surface area contributed by atoms with E-state index in [4.69, 9.17) is 10.7 Å². The number of hydrogen-bond donors (Lipinski definition) is 0. The Morgan fingerprint density at radius 2 is 2.00 bits per heavy atom. The lowest BCUT2D eigenvalue weighted by Crippen LogP contribution is -1.97. The largest absolute Gasteiger partial charge is 0.263 e. The molecule has 0 aliphatic rings. The topological polar surface area (TPSA) is 47.0 Å². The highest BCUT2D eigenvalue weighted by atomic mass is 35.7. The van der Waals surface area contributed by atoms with Gasteiger partial charge in [-0.15, -0.1) is 0 Å². The summed E-state index contributed by atoms with van der Waals surface area (Å²) >= 11 is 0. The third kappa shape index (κ3) is 1.82. The minimum absolute atomic E-state index is 0.0993. The summed E-state index contributed by atoms with van der Waals surface area (Å²) in [7, 11) is 1.62. The molecule has 3 nitrogen and oxygen atoms in total. The molecular weight excluding hydrogens is 234 g/mol. The Kier molecular flexibility index (Phi) is 2.40. The van der Waals surface area contributed by atoms with Crippen LogP contribution in [-0.4, -0.2) is 13.4 Å². The summed E-state index contributed by atoms with van der Waals surface area (Å²) in [5, 5.41) is 0.766. The zero-order chi connectivity index (χ0) is 11.1. The van der Waals surface area contributed by atoms with Crippen LogP contribution >= 0.6 is 10.7 Å². The number of halogens is 1. The van der Waals surface area contributed by atoms with Crippen molar-refractivity contribution in [2.75, 3.05) is 0 Å². The van der Waals surface area contributed by atoms with E-state index in [1.807, 2.05) is 6.07 Å². The lowest BCUT2D eigenvalue weighted by Gasteiger charge is -2.05. The Labute approximate surface area is 92.1 Å². The fourth-order valence-corrected chi connectivity index (χ4v) is 2.97. The fraction of sp³-hybridized carbons (Fsp3) is 0.100. The van der Waals surface area contributed by atoms with Crippen molar-refractivity contribution in [1.29, 1.82) is 0 Å². The lowest BCUT2D eigenvalue weighted by atomic mass is 10.1. The molecule has 0 fully saturated rings. The first-order chi connectivity index (χ1) is 7.00. The molecule has 78 valence electrons. The second-order valence-electron chi connectivity index (χ2n) is 3.22. The molecule has 2 rings (SSSR count). The van der Waals surface area contributed by atoms with Gasteiger partial charge in [0.2, 0.25) is 0 Å². The van der Waals surface area contributed by atoms with Crippen LogP contribution in [0.15, 0.2) is 35.4 Å². The molecule has 0 saturated carbocycles. The molecule has 15 heavy (non-hydrogen) atoms. The number of rotatable bonds is 1. The van der Waals surface area contributed by atoms with Crippen molar-refractivity contribution >= 4 is 30.6 Å². The molecule has 0 aliphatic heterocycles. The third-order valence-electron chi connectivity index (χ3n) is 2.17. The van der Waals surface area contributed by atoms with Crippen molar-refractivity contribution in [2.24, 2.45) is 0 Å². The van der Waals surface area contributed by atoms with Crippen LogP contribution in [0.3, 0.4) is 0 Å². The van der Waals surface area contributed by atoms with E-state index < -0.39 is 9.05 Å². The zero-order valence-corrected chi connectivity index (χ0v) is 9.51. The highest BCUT2D eigenvalue weighted by Gasteiger charge is 2.17. The first-order valence-corrected chi connectivity index (χ1v) is 6.60. The number of aromatic nitrogens is 1. The number of hydrogen-bond acceptors (Lipinski definition) is 3. The van der Waals surface area contributed by atoms with Crippen LogP contribution in [-0.2, 0) is 9.05 Å². The van der Waals surface area contributed by atoms with E-state index in [0.29, 0.717) is 11.1 Å². The van der Waals surface area contributed by atoms with Crippen molar-refractivity contribution in [3.63, 3.8) is 0 Å². The van der Waals surface area contributed by atoms with Crippen molar-refractivity contribution in [3.05, 3.63) is 36.0 Å². The molecule has 0 radical (unpaired) electrons. The Morgan fingerprint density at radius 3 is 2.67 bits per heavy atom. The van der Waals surface area contributed by atoms with Gasteiger partial charge in [0.1, 0.15) is 4.90 Å². The third-order valence-corrected chi connectivity index (χ3v) is 3.63. The van der Waals surface area contributed by atoms with Gasteiger partial charge < -0.3 is 0 Å². The SMILES string of the molecule is Cc1ccc2cccnc2c1S(=O)(=O)Cl. The normalized spacial score (nSPS) is 11.9. The van der Waals surface area contributed by atoms with Gasteiger partial charge in [0.05, 0.1) is 5.52 Å². The molecule has 1 heterocycles. The molecule has 0 atom stereocenters. The number of aryl methyl sites for hydroxylation is 1. The number of pyridine rings is 1. The zero-order valence-electron chi connectivity index (χ0n) is 7.94. The maximum Gasteiger partial charge on any atom is 0.263 e. The van der Waals surface area contributed by atoms with Crippen LogP contribution < -0.4 is 0 Å². The molecule has 0 spiro atoms. The molecule has 0 bridgehead atoms. The van der Waals surface area contributed by atoms with Gasteiger partial charge in [0.25, 0.3) is 9.05 Å². The molecule has 1 aromatic heterocycles. The first-order valence-electron chi connectivity index (χ1n) is 4.29. The first kappa shape index (κ1) is 10.4. The van der Waals surface area contributed by atoms with E-state index in [1.165, 1.54) is 0 Å². The van der Waals surface area contributed by atoms with Crippen LogP contribution in [0.2, 0.25) is 0 Å². The minimum Gasteiger partial charge on any atom is -0.255 e. The smallest absolute Gasteiger partial charge is 0.255 e. The number of nitrogens with zero attached hydrogens (tertiary/aromatic N) is 1. The van der Waals surface area contributed by atoms with Crippen molar-refractivity contribution in [2.45, 2.75) is 11.8 Å². The summed E-state index contributed by atoms with van der Waals surface area (Å²) in [6, 6.07) is 7.10. The number of benzene rings is 1. The van der Waals surface area contributed by atoms with E-state index in [0.717, 1.165) is 5.39 Å². The van der Waals surface area contributed by atoms with Crippen molar-refractivity contribution in [3.8, 4) is 0 Å². The molecule has 0 saturated heterocycles. The van der Waals surface area contributed by atoms with Crippen LogP contribution in [0.1, 0.15) is 5.56 Å². The standard InChI is InChI=1S/C10H8ClNO2S/c1-7-4-5-8-3-2-6-12-9(8)10(7)15(11,13)14/h2-6H,1H3. The summed E-state index contributed by atoms with van der Waals surface area (Å²) in [5.41, 5.74) is 1.03. The molecule has 5 heteroatoms. The van der Waals surface area contributed by atoms with Gasteiger partial charge >= 0.3 is 0 Å². The molecular formula is C10H8ClNO2S. The second-order valence-corrected chi connectivity index (χ2v) is 5.73. The lowest BCUT2D eigenvalue weighted by molar-refractivity contribution is 0.609. The summed E-state index contributed by atoms with van der Waals surface area (Å²) in [6.45, 7) is 1.70. The Balaban J connectivity index is 2.99. The molecule has 0 amide bonds. The summed E-state index contributed by atoms with van der Waals surface area (Å²) in [5.74, 6) is 0. The van der Waals surface area contributed by atoms with Gasteiger partial charge in [-0.05, 0) is 18.6 Å². The van der Waals surface area contributed by atoms with Gasteiger partial charge in [-0.25, -0.2) is 8.42 Å². The molecule has 0 N–H and O–H groups in total. The Bertz CT molecular complexity index is 622. The van der Waals surface area contributed by atoms with Crippen LogP contribution in [0.4, 0.5) is 0 Å². The van der Waals surface area contributed by atoms with E-state index in [9.17, 15) is 8.42 Å². The van der Waals surface area contributed by atoms with Gasteiger partial charge in [-0.3, -0.25) is 4.98 Å². The average molecular weight is 242 g/mol. The number of fused-ring (bicyclic) bond motifs is 1. The minimum atomic E-state index is -3.75. The molecule has 2 aromatic rings. The Morgan fingerprint density at radius 1 is 1.27 bits per heavy atom. The quantitative estimate of drug-likeness (QED) is 0.721. The fourth-order valence-electron chi connectivity index (χ4n) is 1.53. The van der Waals surface area contributed by atoms with Crippen molar-refractivity contribution < 1.29 is 8.42 Å². The van der Waals surface area contributed by atoms with Gasteiger partial charge in [0.15, 0.2) is 0 Å².